The van der Waals surface area contributed by atoms with Crippen LogP contribution in [-0.2, 0) is 9.53 Å². The Bertz CT molecular complexity index is 691. The molecule has 154 valence electrons. The van der Waals surface area contributed by atoms with Crippen molar-refractivity contribution in [1.29, 1.82) is 0 Å². The molecule has 1 aromatic carbocycles. The molecule has 0 aromatic heterocycles. The highest BCUT2D eigenvalue weighted by atomic mass is 19.1. The Morgan fingerprint density at radius 2 is 1.82 bits per heavy atom. The molecule has 2 heterocycles. The lowest BCUT2D eigenvalue weighted by molar-refractivity contribution is -0.150. The lowest BCUT2D eigenvalue weighted by atomic mass is 9.78. The summed E-state index contributed by atoms with van der Waals surface area (Å²) >= 11 is 0. The molecule has 0 radical (unpaired) electrons. The molecule has 0 bridgehead atoms. The van der Waals surface area contributed by atoms with Gasteiger partial charge in [0, 0.05) is 26.3 Å². The first-order valence-corrected chi connectivity index (χ1v) is 10.1. The molecule has 6 nitrogen and oxygen atoms in total. The molecule has 1 aliphatic carbocycles. The summed E-state index contributed by atoms with van der Waals surface area (Å²) in [5, 5.41) is 20.5. The van der Waals surface area contributed by atoms with Gasteiger partial charge in [-0.15, -0.1) is 0 Å². The van der Waals surface area contributed by atoms with E-state index >= 15 is 0 Å². The van der Waals surface area contributed by atoms with Gasteiger partial charge in [-0.2, -0.15) is 0 Å². The third-order valence-electron chi connectivity index (χ3n) is 6.68. The van der Waals surface area contributed by atoms with Gasteiger partial charge in [0.25, 0.3) is 0 Å². The van der Waals surface area contributed by atoms with Crippen molar-refractivity contribution < 1.29 is 28.9 Å². The van der Waals surface area contributed by atoms with Crippen LogP contribution in [-0.4, -0.2) is 66.1 Å². The van der Waals surface area contributed by atoms with E-state index in [0.29, 0.717) is 57.7 Å². The zero-order valence-electron chi connectivity index (χ0n) is 15.9. The van der Waals surface area contributed by atoms with Crippen molar-refractivity contribution in [3.8, 4) is 5.75 Å². The third-order valence-corrected chi connectivity index (χ3v) is 6.68. The van der Waals surface area contributed by atoms with Crippen molar-refractivity contribution in [3.63, 3.8) is 0 Å². The van der Waals surface area contributed by atoms with Gasteiger partial charge in [-0.1, -0.05) is 0 Å². The van der Waals surface area contributed by atoms with E-state index in [1.165, 1.54) is 12.1 Å². The van der Waals surface area contributed by atoms with Gasteiger partial charge >= 0.3 is 0 Å². The van der Waals surface area contributed by atoms with E-state index in [2.05, 4.69) is 0 Å². The van der Waals surface area contributed by atoms with Crippen molar-refractivity contribution >= 4 is 5.91 Å². The predicted octanol–water partition coefficient (Wildman–Crippen LogP) is 1.59. The van der Waals surface area contributed by atoms with Crippen LogP contribution in [0.4, 0.5) is 4.39 Å². The maximum atomic E-state index is 13.2. The van der Waals surface area contributed by atoms with E-state index in [1.807, 2.05) is 4.90 Å². The number of halogens is 1. The molecule has 2 aliphatic heterocycles. The van der Waals surface area contributed by atoms with E-state index in [0.717, 1.165) is 0 Å². The molecule has 0 unspecified atom stereocenters. The molecule has 7 heteroatoms. The average molecular weight is 393 g/mol. The van der Waals surface area contributed by atoms with Gasteiger partial charge in [-0.3, -0.25) is 4.79 Å². The molecule has 2 N–H and O–H groups in total. The maximum absolute atomic E-state index is 13.2. The molecule has 4 rings (SSSR count). The molecule has 1 amide bonds. The molecule has 1 aromatic rings. The van der Waals surface area contributed by atoms with E-state index < -0.39 is 11.5 Å². The number of ether oxygens (including phenoxy) is 2. The number of likely N-dealkylation sites (tertiary alicyclic amines) is 1. The number of rotatable bonds is 4. The second-order valence-corrected chi connectivity index (χ2v) is 8.43. The average Bonchev–Trinajstić information content (AvgIpc) is 3.12. The van der Waals surface area contributed by atoms with Gasteiger partial charge in [-0.05, 0) is 61.8 Å². The highest BCUT2D eigenvalue weighted by Gasteiger charge is 2.48. The van der Waals surface area contributed by atoms with Gasteiger partial charge in [0.15, 0.2) is 0 Å². The zero-order chi connectivity index (χ0) is 19.7. The van der Waals surface area contributed by atoms with Gasteiger partial charge in [0.2, 0.25) is 5.91 Å². The van der Waals surface area contributed by atoms with Crippen LogP contribution in [0.5, 0.6) is 5.75 Å². The largest absolute Gasteiger partial charge is 0.488 e. The Morgan fingerprint density at radius 3 is 2.46 bits per heavy atom. The zero-order valence-corrected chi connectivity index (χ0v) is 15.9. The number of nitrogens with zero attached hydrogens (tertiary/aromatic N) is 1. The lowest BCUT2D eigenvalue weighted by Crippen LogP contribution is -2.48. The fourth-order valence-electron chi connectivity index (χ4n) is 4.91. The molecule has 28 heavy (non-hydrogen) atoms. The number of carbonyl (C=O) groups is 1. The molecule has 4 atom stereocenters. The van der Waals surface area contributed by atoms with E-state index in [1.54, 1.807) is 12.1 Å². The van der Waals surface area contributed by atoms with E-state index in [-0.39, 0.29) is 36.3 Å². The van der Waals surface area contributed by atoms with Crippen LogP contribution in [0.25, 0.3) is 0 Å². The molecular formula is C21H28FNO5. The summed E-state index contributed by atoms with van der Waals surface area (Å²) in [7, 11) is 0. The highest BCUT2D eigenvalue weighted by Crippen LogP contribution is 2.41. The first-order chi connectivity index (χ1) is 13.5. The number of fused-ring (bicyclic) bond motifs is 1. The normalized spacial score (nSPS) is 32.0. The number of carbonyl (C=O) groups excluding carboxylic acids is 1. The smallest absolute Gasteiger partial charge is 0.231 e. The standard InChI is InChI=1S/C21H28FNO5/c22-16-1-3-17(4-2-16)28-19-10-15-12-23(11-14(15)9-18(19)25)20(26)21(13-24)5-7-27-8-6-21/h1-4,14-15,18-19,24-25H,5-13H2/t14-,15+,18+,19+/m0/s1. The van der Waals surface area contributed by atoms with Crippen molar-refractivity contribution in [2.45, 2.75) is 37.9 Å². The Labute approximate surface area is 164 Å². The molecule has 1 saturated carbocycles. The van der Waals surface area contributed by atoms with Gasteiger partial charge in [-0.25, -0.2) is 4.39 Å². The minimum Gasteiger partial charge on any atom is -0.488 e. The van der Waals surface area contributed by atoms with Crippen LogP contribution in [0.15, 0.2) is 24.3 Å². The quantitative estimate of drug-likeness (QED) is 0.812. The maximum Gasteiger partial charge on any atom is 0.231 e. The first-order valence-electron chi connectivity index (χ1n) is 10.1. The molecule has 3 fully saturated rings. The van der Waals surface area contributed by atoms with Crippen molar-refractivity contribution in [3.05, 3.63) is 30.1 Å². The Kier molecular flexibility index (Phi) is 5.58. The Hall–Kier alpha value is -1.70. The monoisotopic (exact) mass is 393 g/mol. The Balaban J connectivity index is 1.41. The first kappa shape index (κ1) is 19.6. The second-order valence-electron chi connectivity index (χ2n) is 8.43. The summed E-state index contributed by atoms with van der Waals surface area (Å²) in [4.78, 5) is 15.0. The van der Waals surface area contributed by atoms with Crippen molar-refractivity contribution in [2.75, 3.05) is 32.9 Å². The van der Waals surface area contributed by atoms with Crippen LogP contribution in [0.2, 0.25) is 0 Å². The third kappa shape index (κ3) is 3.75. The van der Waals surface area contributed by atoms with E-state index in [4.69, 9.17) is 9.47 Å². The summed E-state index contributed by atoms with van der Waals surface area (Å²) in [5.41, 5.74) is -0.728. The summed E-state index contributed by atoms with van der Waals surface area (Å²) in [6.45, 7) is 2.09. The fraction of sp³-hybridized carbons (Fsp3) is 0.667. The van der Waals surface area contributed by atoms with Gasteiger partial charge in [0.1, 0.15) is 17.7 Å². The van der Waals surface area contributed by atoms with Crippen LogP contribution in [0, 0.1) is 23.1 Å². The topological polar surface area (TPSA) is 79.2 Å². The predicted molar refractivity (Wildman–Crippen MR) is 99.2 cm³/mol. The molecule has 0 spiro atoms. The van der Waals surface area contributed by atoms with Crippen LogP contribution in [0.3, 0.4) is 0 Å². The van der Waals surface area contributed by atoms with Crippen molar-refractivity contribution in [1.82, 2.24) is 4.90 Å². The minimum absolute atomic E-state index is 0.0122. The Morgan fingerprint density at radius 1 is 1.18 bits per heavy atom. The number of hydrogen-bond donors (Lipinski definition) is 2. The molecule has 2 saturated heterocycles. The number of benzene rings is 1. The van der Waals surface area contributed by atoms with Crippen molar-refractivity contribution in [2.24, 2.45) is 17.3 Å². The van der Waals surface area contributed by atoms with Gasteiger partial charge < -0.3 is 24.6 Å². The second kappa shape index (κ2) is 7.97. The summed E-state index contributed by atoms with van der Waals surface area (Å²) in [6, 6.07) is 5.81. The van der Waals surface area contributed by atoms with E-state index in [9.17, 15) is 19.4 Å². The molecule has 3 aliphatic rings. The van der Waals surface area contributed by atoms with Gasteiger partial charge in [0.05, 0.1) is 18.1 Å². The fourth-order valence-corrected chi connectivity index (χ4v) is 4.91. The lowest BCUT2D eigenvalue weighted by Gasteiger charge is -2.37. The number of aliphatic hydroxyl groups is 2. The summed E-state index contributed by atoms with van der Waals surface area (Å²) in [5.74, 6) is 0.720. The minimum atomic E-state index is -0.728. The number of amides is 1. The highest BCUT2D eigenvalue weighted by molar-refractivity contribution is 5.83. The van der Waals surface area contributed by atoms with Crippen LogP contribution in [0.1, 0.15) is 25.7 Å². The van der Waals surface area contributed by atoms with Crippen LogP contribution < -0.4 is 4.74 Å². The number of hydrogen-bond acceptors (Lipinski definition) is 5. The SMILES string of the molecule is O=C(N1C[C@H]2C[C@@H](Oc3ccc(F)cc3)[C@H](O)C[C@H]2C1)C1(CO)CCOCC1. The summed E-state index contributed by atoms with van der Waals surface area (Å²) < 4.78 is 24.4. The number of aliphatic hydroxyl groups excluding tert-OH is 2. The summed E-state index contributed by atoms with van der Waals surface area (Å²) in [6.07, 6.45) is 1.35. The van der Waals surface area contributed by atoms with Crippen LogP contribution >= 0.6 is 0 Å². The molecular weight excluding hydrogens is 365 g/mol.